The molecule has 0 aliphatic carbocycles. The molecule has 1 N–H and O–H groups in total. The van der Waals surface area contributed by atoms with Gasteiger partial charge in [0, 0.05) is 6.04 Å². The van der Waals surface area contributed by atoms with Crippen LogP contribution in [-0.4, -0.2) is 48.4 Å². The van der Waals surface area contributed by atoms with E-state index in [0.717, 1.165) is 32.2 Å². The quantitative estimate of drug-likeness (QED) is 0.805. The summed E-state index contributed by atoms with van der Waals surface area (Å²) in [4.78, 5) is 27.8. The molecule has 1 fully saturated rings. The summed E-state index contributed by atoms with van der Waals surface area (Å²) in [5, 5.41) is 3.03. The maximum atomic E-state index is 12.9. The zero-order valence-corrected chi connectivity index (χ0v) is 15.8. The number of hydrogen-bond acceptors (Lipinski definition) is 4. The maximum absolute atomic E-state index is 12.9. The number of likely N-dealkylation sites (tertiary alicyclic amines) is 1. The number of rotatable bonds is 6. The Hall–Kier alpha value is -1.88. The summed E-state index contributed by atoms with van der Waals surface area (Å²) in [6.07, 6.45) is 3.86. The summed E-state index contributed by atoms with van der Waals surface area (Å²) >= 11 is 0. The molecule has 0 radical (unpaired) electrons. The van der Waals surface area contributed by atoms with Crippen molar-refractivity contribution in [3.8, 4) is 5.75 Å². The molecule has 0 spiro atoms. The number of carbonyl (C=O) groups is 2. The predicted molar refractivity (Wildman–Crippen MR) is 99.0 cm³/mol. The lowest BCUT2D eigenvalue weighted by Crippen LogP contribution is -2.58. The average molecular weight is 346 g/mol. The fourth-order valence-corrected chi connectivity index (χ4v) is 3.42. The lowest BCUT2D eigenvalue weighted by atomic mass is 9.92. The molecular weight excluding hydrogens is 316 g/mol. The summed E-state index contributed by atoms with van der Waals surface area (Å²) in [6, 6.07) is 7.34. The first-order valence-electron chi connectivity index (χ1n) is 9.10. The van der Waals surface area contributed by atoms with E-state index in [9.17, 15) is 9.59 Å². The van der Waals surface area contributed by atoms with Gasteiger partial charge in [0.15, 0.2) is 5.78 Å². The average Bonchev–Trinajstić information content (AvgIpc) is 2.77. The molecule has 0 bridgehead atoms. The van der Waals surface area contributed by atoms with Crippen LogP contribution in [0.5, 0.6) is 5.75 Å². The van der Waals surface area contributed by atoms with Crippen molar-refractivity contribution < 1.29 is 14.3 Å². The number of carbonyl (C=O) groups excluding carboxylic acids is 2. The first-order chi connectivity index (χ1) is 11.9. The third-order valence-electron chi connectivity index (χ3n) is 4.94. The van der Waals surface area contributed by atoms with Crippen molar-refractivity contribution in [3.63, 3.8) is 0 Å². The monoisotopic (exact) mass is 346 g/mol. The van der Waals surface area contributed by atoms with Crippen LogP contribution in [0.2, 0.25) is 0 Å². The van der Waals surface area contributed by atoms with Crippen molar-refractivity contribution >= 4 is 11.7 Å². The molecule has 0 saturated carbocycles. The van der Waals surface area contributed by atoms with Gasteiger partial charge in [0.05, 0.1) is 24.8 Å². The highest BCUT2D eigenvalue weighted by molar-refractivity contribution is 6.00. The molecule has 0 aromatic heterocycles. The van der Waals surface area contributed by atoms with Crippen molar-refractivity contribution in [1.82, 2.24) is 10.2 Å². The van der Waals surface area contributed by atoms with Gasteiger partial charge in [-0.3, -0.25) is 14.5 Å². The van der Waals surface area contributed by atoms with Crippen LogP contribution in [0, 0.1) is 0 Å². The van der Waals surface area contributed by atoms with E-state index >= 15 is 0 Å². The largest absolute Gasteiger partial charge is 0.496 e. The number of methoxy groups -OCH3 is 1. The molecule has 5 nitrogen and oxygen atoms in total. The van der Waals surface area contributed by atoms with Gasteiger partial charge in [0.2, 0.25) is 5.91 Å². The minimum absolute atomic E-state index is 0.0112. The van der Waals surface area contributed by atoms with Crippen molar-refractivity contribution in [1.29, 1.82) is 0 Å². The lowest BCUT2D eigenvalue weighted by molar-refractivity contribution is -0.133. The molecule has 1 amide bonds. The summed E-state index contributed by atoms with van der Waals surface area (Å²) < 4.78 is 5.31. The van der Waals surface area contributed by atoms with E-state index in [0.29, 0.717) is 11.3 Å². The molecule has 1 atom stereocenters. The number of Topliss-reactive ketones (excluding diaryl/α,β-unsaturated/α-hetero) is 1. The number of benzene rings is 1. The normalized spacial score (nSPS) is 21.6. The molecular formula is C20H30N2O3. The minimum atomic E-state index is -0.654. The third kappa shape index (κ3) is 4.60. The zero-order valence-electron chi connectivity index (χ0n) is 15.8. The van der Waals surface area contributed by atoms with Gasteiger partial charge in [-0.2, -0.15) is 0 Å². The highest BCUT2D eigenvalue weighted by Crippen LogP contribution is 2.28. The zero-order chi connectivity index (χ0) is 18.4. The van der Waals surface area contributed by atoms with Gasteiger partial charge < -0.3 is 10.1 Å². The van der Waals surface area contributed by atoms with Crippen LogP contribution in [0.3, 0.4) is 0 Å². The Bertz CT molecular complexity index is 615. The predicted octanol–water partition coefficient (Wildman–Crippen LogP) is 3.04. The first kappa shape index (κ1) is 19.4. The third-order valence-corrected chi connectivity index (χ3v) is 4.94. The van der Waals surface area contributed by atoms with Crippen molar-refractivity contribution in [2.24, 2.45) is 0 Å². The number of para-hydroxylation sites is 1. The Kier molecular flexibility index (Phi) is 6.59. The topological polar surface area (TPSA) is 58.6 Å². The number of nitrogens with zero attached hydrogens (tertiary/aromatic N) is 1. The van der Waals surface area contributed by atoms with Crippen LogP contribution in [-0.2, 0) is 4.79 Å². The Morgan fingerprint density at radius 1 is 1.24 bits per heavy atom. The van der Waals surface area contributed by atoms with Crippen LogP contribution in [0.15, 0.2) is 24.3 Å². The van der Waals surface area contributed by atoms with Gasteiger partial charge in [-0.05, 0) is 52.3 Å². The minimum Gasteiger partial charge on any atom is -0.496 e. The first-order valence-corrected chi connectivity index (χ1v) is 9.10. The SMILES string of the molecule is COc1ccccc1C(=O)CN1CCCCCC1(C)C(=O)NC(C)C. The molecule has 1 aromatic rings. The molecule has 1 aliphatic heterocycles. The highest BCUT2D eigenvalue weighted by atomic mass is 16.5. The van der Waals surface area contributed by atoms with Gasteiger partial charge in [0.1, 0.15) is 5.75 Å². The maximum Gasteiger partial charge on any atom is 0.240 e. The number of hydrogen-bond donors (Lipinski definition) is 1. The van der Waals surface area contributed by atoms with Gasteiger partial charge >= 0.3 is 0 Å². The number of nitrogens with one attached hydrogen (secondary N) is 1. The second-order valence-corrected chi connectivity index (χ2v) is 7.26. The summed E-state index contributed by atoms with van der Waals surface area (Å²) in [6.45, 7) is 6.86. The standard InChI is InChI=1S/C20H30N2O3/c1-15(2)21-19(24)20(3)12-8-5-9-13-22(20)14-17(23)16-10-6-7-11-18(16)25-4/h6-7,10-11,15H,5,8-9,12-14H2,1-4H3,(H,21,24). The van der Waals surface area contributed by atoms with Crippen LogP contribution in [0.1, 0.15) is 56.8 Å². The van der Waals surface area contributed by atoms with Crippen LogP contribution < -0.4 is 10.1 Å². The van der Waals surface area contributed by atoms with E-state index in [1.165, 1.54) is 0 Å². The van der Waals surface area contributed by atoms with E-state index in [1.807, 2.05) is 37.8 Å². The Balaban J connectivity index is 2.23. The molecule has 5 heteroatoms. The second kappa shape index (κ2) is 8.48. The smallest absolute Gasteiger partial charge is 0.240 e. The van der Waals surface area contributed by atoms with E-state index in [4.69, 9.17) is 4.74 Å². The van der Waals surface area contributed by atoms with Gasteiger partial charge in [0.25, 0.3) is 0 Å². The molecule has 1 aliphatic rings. The van der Waals surface area contributed by atoms with Crippen molar-refractivity contribution in [2.75, 3.05) is 20.2 Å². The summed E-state index contributed by atoms with van der Waals surface area (Å²) in [5.41, 5.74) is -0.0841. The Labute approximate surface area is 150 Å². The van der Waals surface area contributed by atoms with Crippen molar-refractivity contribution in [3.05, 3.63) is 29.8 Å². The molecule has 1 aromatic carbocycles. The van der Waals surface area contributed by atoms with E-state index in [1.54, 1.807) is 19.2 Å². The molecule has 138 valence electrons. The lowest BCUT2D eigenvalue weighted by Gasteiger charge is -2.39. The number of ether oxygens (including phenoxy) is 1. The highest BCUT2D eigenvalue weighted by Gasteiger charge is 2.41. The van der Waals surface area contributed by atoms with E-state index in [2.05, 4.69) is 5.32 Å². The molecule has 25 heavy (non-hydrogen) atoms. The van der Waals surface area contributed by atoms with Crippen LogP contribution in [0.4, 0.5) is 0 Å². The molecule has 1 unspecified atom stereocenters. The van der Waals surface area contributed by atoms with E-state index < -0.39 is 5.54 Å². The molecule has 2 rings (SSSR count). The summed E-state index contributed by atoms with van der Waals surface area (Å²) in [7, 11) is 1.57. The fraction of sp³-hybridized carbons (Fsp3) is 0.600. The van der Waals surface area contributed by atoms with Gasteiger partial charge in [-0.25, -0.2) is 0 Å². The molecule has 1 saturated heterocycles. The van der Waals surface area contributed by atoms with Crippen molar-refractivity contribution in [2.45, 2.75) is 58.0 Å². The van der Waals surface area contributed by atoms with Gasteiger partial charge in [-0.15, -0.1) is 0 Å². The second-order valence-electron chi connectivity index (χ2n) is 7.26. The van der Waals surface area contributed by atoms with Crippen LogP contribution in [0.25, 0.3) is 0 Å². The number of ketones is 1. The van der Waals surface area contributed by atoms with Gasteiger partial charge in [-0.1, -0.05) is 25.0 Å². The Morgan fingerprint density at radius 2 is 1.96 bits per heavy atom. The molecule has 1 heterocycles. The van der Waals surface area contributed by atoms with Crippen LogP contribution >= 0.6 is 0 Å². The summed E-state index contributed by atoms with van der Waals surface area (Å²) in [5.74, 6) is 0.579. The fourth-order valence-electron chi connectivity index (χ4n) is 3.42. The number of amides is 1. The van der Waals surface area contributed by atoms with E-state index in [-0.39, 0.29) is 24.3 Å². The Morgan fingerprint density at radius 3 is 2.64 bits per heavy atom.